The molecule has 6 nitrogen and oxygen atoms in total. The number of anilines is 1. The van der Waals surface area contributed by atoms with Crippen LogP contribution in [-0.4, -0.2) is 30.5 Å². The topological polar surface area (TPSA) is 75.5 Å². The molecule has 1 unspecified atom stereocenters. The molecule has 1 fully saturated rings. The summed E-state index contributed by atoms with van der Waals surface area (Å²) in [5, 5.41) is 13.4. The number of nitrogens with one attached hydrogen (secondary N) is 1. The highest BCUT2D eigenvalue weighted by atomic mass is 19.1. The minimum Gasteiger partial charge on any atom is -0.369 e. The Bertz CT molecular complexity index is 550. The van der Waals surface area contributed by atoms with E-state index in [0.717, 1.165) is 18.9 Å². The molecule has 7 heteroatoms. The van der Waals surface area contributed by atoms with E-state index in [1.165, 1.54) is 19.1 Å². The first kappa shape index (κ1) is 15.2. The Morgan fingerprint density at radius 1 is 1.57 bits per heavy atom. The predicted octanol–water partition coefficient (Wildman–Crippen LogP) is 2.09. The largest absolute Gasteiger partial charge is 0.369 e. The minimum absolute atomic E-state index is 0.0753. The first-order chi connectivity index (χ1) is 9.97. The number of carbonyl (C=O) groups excluding carboxylic acids is 1. The van der Waals surface area contributed by atoms with E-state index in [2.05, 4.69) is 5.32 Å². The molecule has 1 aromatic carbocycles. The molecule has 1 amide bonds. The van der Waals surface area contributed by atoms with E-state index in [9.17, 15) is 19.3 Å². The van der Waals surface area contributed by atoms with Gasteiger partial charge in [0.2, 0.25) is 5.91 Å². The van der Waals surface area contributed by atoms with Gasteiger partial charge in [-0.3, -0.25) is 14.9 Å². The van der Waals surface area contributed by atoms with Gasteiger partial charge in [0.05, 0.1) is 16.7 Å². The van der Waals surface area contributed by atoms with Crippen LogP contribution < -0.4 is 10.2 Å². The van der Waals surface area contributed by atoms with E-state index in [4.69, 9.17) is 0 Å². The number of piperidine rings is 1. The highest BCUT2D eigenvalue weighted by Crippen LogP contribution is 2.28. The molecule has 1 heterocycles. The highest BCUT2D eigenvalue weighted by Gasteiger charge is 2.23. The van der Waals surface area contributed by atoms with Crippen molar-refractivity contribution in [2.75, 3.05) is 24.5 Å². The van der Waals surface area contributed by atoms with Crippen molar-refractivity contribution >= 4 is 17.3 Å². The molecule has 0 aromatic heterocycles. The van der Waals surface area contributed by atoms with Gasteiger partial charge in [-0.1, -0.05) is 0 Å². The molecular weight excluding hydrogens is 277 g/mol. The van der Waals surface area contributed by atoms with E-state index in [1.54, 1.807) is 0 Å². The second-order valence-electron chi connectivity index (χ2n) is 5.28. The van der Waals surface area contributed by atoms with Crippen LogP contribution in [0.25, 0.3) is 0 Å². The zero-order valence-electron chi connectivity index (χ0n) is 11.8. The fourth-order valence-electron chi connectivity index (χ4n) is 2.60. The maximum Gasteiger partial charge on any atom is 0.272 e. The van der Waals surface area contributed by atoms with Gasteiger partial charge >= 0.3 is 0 Å². The number of benzene rings is 1. The maximum absolute atomic E-state index is 14.0. The van der Waals surface area contributed by atoms with Gasteiger partial charge in [-0.15, -0.1) is 0 Å². The molecule has 0 saturated carbocycles. The standard InChI is InChI=1S/C14H18FN3O3/c1-10(19)16-8-11-3-2-6-17(9-11)14-5-4-12(18(20)21)7-13(14)15/h4-5,7,11H,2-3,6,8-9H2,1H3,(H,16,19). The van der Waals surface area contributed by atoms with Crippen LogP contribution in [0.5, 0.6) is 0 Å². The number of hydrogen-bond donors (Lipinski definition) is 1. The van der Waals surface area contributed by atoms with Crippen LogP contribution >= 0.6 is 0 Å². The number of nitro groups is 1. The van der Waals surface area contributed by atoms with Crippen molar-refractivity contribution in [3.05, 3.63) is 34.1 Å². The quantitative estimate of drug-likeness (QED) is 0.681. The third-order valence-corrected chi connectivity index (χ3v) is 3.64. The van der Waals surface area contributed by atoms with E-state index < -0.39 is 10.7 Å². The van der Waals surface area contributed by atoms with E-state index in [-0.39, 0.29) is 17.5 Å². The molecule has 114 valence electrons. The van der Waals surface area contributed by atoms with Gasteiger partial charge in [0, 0.05) is 32.6 Å². The summed E-state index contributed by atoms with van der Waals surface area (Å²) in [6.07, 6.45) is 1.88. The summed E-state index contributed by atoms with van der Waals surface area (Å²) in [4.78, 5) is 22.8. The zero-order valence-corrected chi connectivity index (χ0v) is 11.8. The van der Waals surface area contributed by atoms with Crippen LogP contribution in [0.15, 0.2) is 18.2 Å². The van der Waals surface area contributed by atoms with Gasteiger partial charge in [-0.05, 0) is 24.8 Å². The molecule has 1 aliphatic heterocycles. The van der Waals surface area contributed by atoms with Gasteiger partial charge in [-0.25, -0.2) is 4.39 Å². The van der Waals surface area contributed by atoms with Crippen LogP contribution in [0.2, 0.25) is 0 Å². The lowest BCUT2D eigenvalue weighted by Crippen LogP contribution is -2.40. The Hall–Kier alpha value is -2.18. The van der Waals surface area contributed by atoms with E-state index in [1.807, 2.05) is 4.90 Å². The van der Waals surface area contributed by atoms with Crippen molar-refractivity contribution in [2.45, 2.75) is 19.8 Å². The molecule has 0 bridgehead atoms. The monoisotopic (exact) mass is 295 g/mol. The highest BCUT2D eigenvalue weighted by molar-refractivity contribution is 5.72. The lowest BCUT2D eigenvalue weighted by molar-refractivity contribution is -0.385. The minimum atomic E-state index is -0.608. The molecule has 1 N–H and O–H groups in total. The summed E-state index contributed by atoms with van der Waals surface area (Å²) >= 11 is 0. The Morgan fingerprint density at radius 2 is 2.33 bits per heavy atom. The Kier molecular flexibility index (Phi) is 4.72. The Labute approximate surface area is 122 Å². The smallest absolute Gasteiger partial charge is 0.272 e. The van der Waals surface area contributed by atoms with Crippen molar-refractivity contribution in [2.24, 2.45) is 5.92 Å². The number of nitro benzene ring substituents is 1. The van der Waals surface area contributed by atoms with Crippen molar-refractivity contribution in [3.63, 3.8) is 0 Å². The average molecular weight is 295 g/mol. The molecule has 0 aliphatic carbocycles. The summed E-state index contributed by atoms with van der Waals surface area (Å²) in [6.45, 7) is 3.39. The van der Waals surface area contributed by atoms with Crippen molar-refractivity contribution < 1.29 is 14.1 Å². The molecule has 2 rings (SSSR count). The summed E-state index contributed by atoms with van der Waals surface area (Å²) in [5.74, 6) is -0.393. The average Bonchev–Trinajstić information content (AvgIpc) is 2.45. The molecule has 0 spiro atoms. The molecule has 1 aromatic rings. The SMILES string of the molecule is CC(=O)NCC1CCCN(c2ccc([N+](=O)[O-])cc2F)C1. The Balaban J connectivity index is 2.07. The summed E-state index contributed by atoms with van der Waals surface area (Å²) in [7, 11) is 0. The second-order valence-corrected chi connectivity index (χ2v) is 5.28. The summed E-state index contributed by atoms with van der Waals surface area (Å²) in [5.41, 5.74) is 0.135. The van der Waals surface area contributed by atoms with Crippen LogP contribution in [0.4, 0.5) is 15.8 Å². The van der Waals surface area contributed by atoms with Gasteiger partial charge in [0.15, 0.2) is 5.82 Å². The fourth-order valence-corrected chi connectivity index (χ4v) is 2.60. The van der Waals surface area contributed by atoms with Crippen molar-refractivity contribution in [3.8, 4) is 0 Å². The van der Waals surface area contributed by atoms with Crippen molar-refractivity contribution in [1.82, 2.24) is 5.32 Å². The number of rotatable bonds is 4. The van der Waals surface area contributed by atoms with Crippen LogP contribution in [-0.2, 0) is 4.79 Å². The van der Waals surface area contributed by atoms with Gasteiger partial charge in [0.1, 0.15) is 0 Å². The molecule has 1 saturated heterocycles. The Morgan fingerprint density at radius 3 is 2.95 bits per heavy atom. The number of carbonyl (C=O) groups is 1. The molecular formula is C14H18FN3O3. The summed E-state index contributed by atoms with van der Waals surface area (Å²) in [6, 6.07) is 3.72. The molecule has 1 aliphatic rings. The molecule has 21 heavy (non-hydrogen) atoms. The first-order valence-corrected chi connectivity index (χ1v) is 6.90. The molecule has 0 radical (unpaired) electrons. The van der Waals surface area contributed by atoms with Crippen LogP contribution in [0.3, 0.4) is 0 Å². The number of halogens is 1. The number of non-ortho nitro benzene ring substituents is 1. The van der Waals surface area contributed by atoms with E-state index in [0.29, 0.717) is 25.3 Å². The summed E-state index contributed by atoms with van der Waals surface area (Å²) < 4.78 is 14.0. The lowest BCUT2D eigenvalue weighted by Gasteiger charge is -2.34. The zero-order chi connectivity index (χ0) is 15.4. The number of hydrogen-bond acceptors (Lipinski definition) is 4. The predicted molar refractivity (Wildman–Crippen MR) is 76.7 cm³/mol. The lowest BCUT2D eigenvalue weighted by atomic mass is 9.97. The van der Waals surface area contributed by atoms with Gasteiger partial charge in [-0.2, -0.15) is 0 Å². The fraction of sp³-hybridized carbons (Fsp3) is 0.500. The van der Waals surface area contributed by atoms with Crippen LogP contribution in [0, 0.1) is 21.8 Å². The normalized spacial score (nSPS) is 18.4. The van der Waals surface area contributed by atoms with Gasteiger partial charge in [0.25, 0.3) is 5.69 Å². The van der Waals surface area contributed by atoms with E-state index >= 15 is 0 Å². The maximum atomic E-state index is 14.0. The van der Waals surface area contributed by atoms with Crippen LogP contribution in [0.1, 0.15) is 19.8 Å². The number of nitrogens with zero attached hydrogens (tertiary/aromatic N) is 2. The first-order valence-electron chi connectivity index (χ1n) is 6.90. The third-order valence-electron chi connectivity index (χ3n) is 3.64. The van der Waals surface area contributed by atoms with Crippen molar-refractivity contribution in [1.29, 1.82) is 0 Å². The molecule has 1 atom stereocenters. The van der Waals surface area contributed by atoms with Gasteiger partial charge < -0.3 is 10.2 Å². The third kappa shape index (κ3) is 3.90. The second kappa shape index (κ2) is 6.51. The number of amides is 1.